The lowest BCUT2D eigenvalue weighted by Crippen LogP contribution is -2.43. The standard InChI is InChI=1S/C25H21F2N3O/c26-20-3-1-18(2-4-20)16-25(17-28)9-13-30(14-10-25)24(31)23-15-21(27)5-6-22(23)19-7-11-29-12-8-19/h1-8,11-12,15H,9-10,13-14,16H2. The highest BCUT2D eigenvalue weighted by atomic mass is 19.1. The van der Waals surface area contributed by atoms with Gasteiger partial charge in [-0.15, -0.1) is 0 Å². The number of carbonyl (C=O) groups is 1. The molecular weight excluding hydrogens is 396 g/mol. The molecule has 0 aliphatic carbocycles. The molecule has 0 radical (unpaired) electrons. The van der Waals surface area contributed by atoms with Crippen molar-refractivity contribution < 1.29 is 13.6 Å². The Morgan fingerprint density at radius 1 is 1.00 bits per heavy atom. The minimum atomic E-state index is -0.607. The first kappa shape index (κ1) is 20.7. The Morgan fingerprint density at radius 2 is 1.65 bits per heavy atom. The van der Waals surface area contributed by atoms with Gasteiger partial charge in [0.2, 0.25) is 0 Å². The Kier molecular flexibility index (Phi) is 5.77. The summed E-state index contributed by atoms with van der Waals surface area (Å²) in [6, 6.07) is 16.4. The van der Waals surface area contributed by atoms with E-state index in [2.05, 4.69) is 11.1 Å². The molecule has 6 heteroatoms. The van der Waals surface area contributed by atoms with Crippen molar-refractivity contribution in [2.45, 2.75) is 19.3 Å². The number of nitrogens with zero attached hydrogens (tertiary/aromatic N) is 3. The van der Waals surface area contributed by atoms with Crippen LogP contribution in [0, 0.1) is 28.4 Å². The second-order valence-electron chi connectivity index (χ2n) is 7.91. The van der Waals surface area contributed by atoms with Crippen LogP contribution >= 0.6 is 0 Å². The van der Waals surface area contributed by atoms with Crippen LogP contribution in [0.25, 0.3) is 11.1 Å². The maximum absolute atomic E-state index is 14.0. The highest BCUT2D eigenvalue weighted by molar-refractivity contribution is 6.01. The van der Waals surface area contributed by atoms with E-state index in [1.165, 1.54) is 24.3 Å². The first-order chi connectivity index (χ1) is 15.0. The van der Waals surface area contributed by atoms with Gasteiger partial charge in [-0.25, -0.2) is 8.78 Å². The summed E-state index contributed by atoms with van der Waals surface area (Å²) in [6.45, 7) is 0.805. The van der Waals surface area contributed by atoms with Crippen LogP contribution in [0.2, 0.25) is 0 Å². The fraction of sp³-hybridized carbons (Fsp3) is 0.240. The quantitative estimate of drug-likeness (QED) is 0.599. The van der Waals surface area contributed by atoms with Gasteiger partial charge in [0.15, 0.2) is 0 Å². The van der Waals surface area contributed by atoms with Crippen molar-refractivity contribution >= 4 is 5.91 Å². The van der Waals surface area contributed by atoms with Crippen molar-refractivity contribution in [3.8, 4) is 17.2 Å². The fourth-order valence-electron chi connectivity index (χ4n) is 4.11. The second-order valence-corrected chi connectivity index (χ2v) is 7.91. The SMILES string of the molecule is N#CC1(Cc2ccc(F)cc2)CCN(C(=O)c2cc(F)ccc2-c2ccncc2)CC1. The summed E-state index contributed by atoms with van der Waals surface area (Å²) in [5, 5.41) is 9.85. The van der Waals surface area contributed by atoms with Gasteiger partial charge in [-0.05, 0) is 72.4 Å². The van der Waals surface area contributed by atoms with Crippen LogP contribution in [0.4, 0.5) is 8.78 Å². The Morgan fingerprint density at radius 3 is 2.29 bits per heavy atom. The van der Waals surface area contributed by atoms with E-state index in [1.54, 1.807) is 47.6 Å². The van der Waals surface area contributed by atoms with Crippen molar-refractivity contribution in [3.05, 3.63) is 89.8 Å². The lowest BCUT2D eigenvalue weighted by molar-refractivity contribution is 0.0647. The number of likely N-dealkylation sites (tertiary alicyclic amines) is 1. The van der Waals surface area contributed by atoms with Gasteiger partial charge in [-0.1, -0.05) is 18.2 Å². The van der Waals surface area contributed by atoms with Gasteiger partial charge < -0.3 is 4.90 Å². The highest BCUT2D eigenvalue weighted by Gasteiger charge is 2.37. The number of benzene rings is 2. The first-order valence-electron chi connectivity index (χ1n) is 10.1. The Labute approximate surface area is 179 Å². The Hall–Kier alpha value is -3.59. The number of hydrogen-bond donors (Lipinski definition) is 0. The van der Waals surface area contributed by atoms with Gasteiger partial charge in [0.05, 0.1) is 17.0 Å². The topological polar surface area (TPSA) is 57.0 Å². The number of piperidine rings is 1. The molecule has 0 spiro atoms. The molecule has 31 heavy (non-hydrogen) atoms. The van der Waals surface area contributed by atoms with E-state index >= 15 is 0 Å². The van der Waals surface area contributed by atoms with E-state index in [1.807, 2.05) is 0 Å². The van der Waals surface area contributed by atoms with Gasteiger partial charge in [-0.2, -0.15) is 5.26 Å². The second kappa shape index (κ2) is 8.65. The van der Waals surface area contributed by atoms with E-state index in [0.717, 1.165) is 11.1 Å². The van der Waals surface area contributed by atoms with Crippen molar-refractivity contribution in [1.29, 1.82) is 5.26 Å². The number of halogens is 2. The molecule has 1 aromatic heterocycles. The number of carbonyl (C=O) groups excluding carboxylic acids is 1. The van der Waals surface area contributed by atoms with Gasteiger partial charge in [0.25, 0.3) is 5.91 Å². The van der Waals surface area contributed by atoms with Crippen molar-refractivity contribution in [1.82, 2.24) is 9.88 Å². The third-order valence-corrected chi connectivity index (χ3v) is 5.90. The predicted molar refractivity (Wildman–Crippen MR) is 113 cm³/mol. The van der Waals surface area contributed by atoms with Crippen molar-refractivity contribution in [2.24, 2.45) is 5.41 Å². The third-order valence-electron chi connectivity index (χ3n) is 5.90. The molecule has 4 nitrogen and oxygen atoms in total. The molecule has 1 aliphatic heterocycles. The van der Waals surface area contributed by atoms with Crippen LogP contribution < -0.4 is 0 Å². The molecule has 0 bridgehead atoms. The van der Waals surface area contributed by atoms with Crippen LogP contribution in [0.15, 0.2) is 67.0 Å². The molecule has 2 aromatic carbocycles. The minimum Gasteiger partial charge on any atom is -0.339 e. The number of nitriles is 1. The zero-order valence-corrected chi connectivity index (χ0v) is 16.9. The van der Waals surface area contributed by atoms with Crippen LogP contribution in [0.1, 0.15) is 28.8 Å². The largest absolute Gasteiger partial charge is 0.339 e. The average molecular weight is 417 g/mol. The number of pyridine rings is 1. The minimum absolute atomic E-state index is 0.250. The Balaban J connectivity index is 1.53. The molecule has 0 atom stereocenters. The molecular formula is C25H21F2N3O. The summed E-state index contributed by atoms with van der Waals surface area (Å²) < 4.78 is 27.2. The summed E-state index contributed by atoms with van der Waals surface area (Å²) >= 11 is 0. The third kappa shape index (κ3) is 4.46. The van der Waals surface area contributed by atoms with Crippen LogP contribution in [-0.2, 0) is 6.42 Å². The van der Waals surface area contributed by atoms with Gasteiger partial charge in [0, 0.05) is 25.5 Å². The number of aromatic nitrogens is 1. The van der Waals surface area contributed by atoms with E-state index in [9.17, 15) is 18.8 Å². The zero-order chi connectivity index (χ0) is 21.8. The fourth-order valence-corrected chi connectivity index (χ4v) is 4.11. The Bertz CT molecular complexity index is 1120. The molecule has 0 N–H and O–H groups in total. The maximum Gasteiger partial charge on any atom is 0.254 e. The zero-order valence-electron chi connectivity index (χ0n) is 16.9. The van der Waals surface area contributed by atoms with Crippen LogP contribution in [0.3, 0.4) is 0 Å². The van der Waals surface area contributed by atoms with Crippen LogP contribution in [-0.4, -0.2) is 28.9 Å². The van der Waals surface area contributed by atoms with Gasteiger partial charge in [-0.3, -0.25) is 9.78 Å². The predicted octanol–water partition coefficient (Wildman–Crippen LogP) is 5.02. The van der Waals surface area contributed by atoms with Crippen LogP contribution in [0.5, 0.6) is 0 Å². The summed E-state index contributed by atoms with van der Waals surface area (Å²) in [7, 11) is 0. The molecule has 0 saturated carbocycles. The van der Waals surface area contributed by atoms with Gasteiger partial charge in [0.1, 0.15) is 11.6 Å². The summed E-state index contributed by atoms with van der Waals surface area (Å²) in [4.78, 5) is 18.9. The monoisotopic (exact) mass is 417 g/mol. The molecule has 1 amide bonds. The van der Waals surface area contributed by atoms with Crippen molar-refractivity contribution in [3.63, 3.8) is 0 Å². The van der Waals surface area contributed by atoms with E-state index in [-0.39, 0.29) is 11.7 Å². The molecule has 2 heterocycles. The number of hydrogen-bond acceptors (Lipinski definition) is 3. The lowest BCUT2D eigenvalue weighted by Gasteiger charge is -2.37. The number of rotatable bonds is 4. The molecule has 0 unspecified atom stereocenters. The highest BCUT2D eigenvalue weighted by Crippen LogP contribution is 2.36. The summed E-state index contributed by atoms with van der Waals surface area (Å²) in [6.07, 6.45) is 4.78. The molecule has 1 aliphatic rings. The van der Waals surface area contributed by atoms with Crippen molar-refractivity contribution in [2.75, 3.05) is 13.1 Å². The molecule has 4 rings (SSSR count). The molecule has 1 saturated heterocycles. The summed E-state index contributed by atoms with van der Waals surface area (Å²) in [5.41, 5.74) is 2.03. The summed E-state index contributed by atoms with van der Waals surface area (Å²) in [5.74, 6) is -1.03. The van der Waals surface area contributed by atoms with E-state index in [0.29, 0.717) is 43.5 Å². The molecule has 156 valence electrons. The average Bonchev–Trinajstić information content (AvgIpc) is 2.81. The lowest BCUT2D eigenvalue weighted by atomic mass is 9.75. The van der Waals surface area contributed by atoms with E-state index in [4.69, 9.17) is 0 Å². The molecule has 1 fully saturated rings. The first-order valence-corrected chi connectivity index (χ1v) is 10.1. The maximum atomic E-state index is 14.0. The van der Waals surface area contributed by atoms with Gasteiger partial charge >= 0.3 is 0 Å². The molecule has 3 aromatic rings. The normalized spacial score (nSPS) is 15.3. The van der Waals surface area contributed by atoms with E-state index < -0.39 is 11.2 Å². The number of amides is 1. The smallest absolute Gasteiger partial charge is 0.254 e.